The number of ether oxygens (including phenoxy) is 1. The summed E-state index contributed by atoms with van der Waals surface area (Å²) in [6.07, 6.45) is 4.85. The van der Waals surface area contributed by atoms with E-state index >= 15 is 0 Å². The molecule has 32 heavy (non-hydrogen) atoms. The Kier molecular flexibility index (Phi) is 5.69. The Bertz CT molecular complexity index is 1380. The van der Waals surface area contributed by atoms with Crippen LogP contribution in [0.4, 0.5) is 5.69 Å². The zero-order valence-electron chi connectivity index (χ0n) is 17.3. The summed E-state index contributed by atoms with van der Waals surface area (Å²) in [5.41, 5.74) is 0.676. The number of rotatable bonds is 7. The number of ketones is 1. The zero-order valence-corrected chi connectivity index (χ0v) is 18.1. The monoisotopic (exact) mass is 449 g/mol. The molecule has 4 aromatic rings. The molecule has 0 saturated carbocycles. The molecule has 0 aliphatic heterocycles. The van der Waals surface area contributed by atoms with Crippen LogP contribution in [0.3, 0.4) is 0 Å². The van der Waals surface area contributed by atoms with Gasteiger partial charge in [0.1, 0.15) is 23.7 Å². The van der Waals surface area contributed by atoms with Gasteiger partial charge in [0.15, 0.2) is 5.78 Å². The van der Waals surface area contributed by atoms with Gasteiger partial charge in [0.05, 0.1) is 4.90 Å². The summed E-state index contributed by atoms with van der Waals surface area (Å²) in [6, 6.07) is 13.9. The zero-order chi connectivity index (χ0) is 22.7. The van der Waals surface area contributed by atoms with Crippen molar-refractivity contribution in [3.63, 3.8) is 0 Å². The van der Waals surface area contributed by atoms with Crippen molar-refractivity contribution in [3.05, 3.63) is 84.7 Å². The van der Waals surface area contributed by atoms with E-state index in [1.165, 1.54) is 31.5 Å². The minimum Gasteiger partial charge on any atom is -0.439 e. The molecule has 0 spiro atoms. The van der Waals surface area contributed by atoms with E-state index < -0.39 is 10.0 Å². The van der Waals surface area contributed by atoms with Crippen molar-refractivity contribution in [1.82, 2.24) is 19.5 Å². The van der Waals surface area contributed by atoms with Crippen LogP contribution < -0.4 is 9.46 Å². The largest absolute Gasteiger partial charge is 0.439 e. The first-order valence-corrected chi connectivity index (χ1v) is 11.0. The van der Waals surface area contributed by atoms with Gasteiger partial charge in [-0.3, -0.25) is 14.1 Å². The van der Waals surface area contributed by atoms with E-state index in [2.05, 4.69) is 19.7 Å². The third-order valence-corrected chi connectivity index (χ3v) is 5.96. The molecule has 0 aliphatic carbocycles. The third kappa shape index (κ3) is 4.65. The van der Waals surface area contributed by atoms with Crippen LogP contribution in [0, 0.1) is 6.92 Å². The average molecular weight is 449 g/mol. The number of aryl methyl sites for hydroxylation is 1. The van der Waals surface area contributed by atoms with Gasteiger partial charge in [0.2, 0.25) is 5.88 Å². The first-order chi connectivity index (χ1) is 15.3. The predicted octanol–water partition coefficient (Wildman–Crippen LogP) is 3.77. The molecule has 9 nitrogen and oxygen atoms in total. The van der Waals surface area contributed by atoms with Crippen molar-refractivity contribution < 1.29 is 17.9 Å². The molecular formula is C22H19N5O4S. The van der Waals surface area contributed by atoms with Crippen LogP contribution in [0.25, 0.3) is 5.82 Å². The van der Waals surface area contributed by atoms with Gasteiger partial charge < -0.3 is 4.74 Å². The highest BCUT2D eigenvalue weighted by atomic mass is 32.2. The number of benzene rings is 2. The first-order valence-electron chi connectivity index (χ1n) is 9.56. The summed E-state index contributed by atoms with van der Waals surface area (Å²) in [6.45, 7) is 3.24. The van der Waals surface area contributed by atoms with E-state index in [0.717, 1.165) is 5.82 Å². The number of nitrogens with one attached hydrogen (secondary N) is 1. The van der Waals surface area contributed by atoms with Gasteiger partial charge in [-0.1, -0.05) is 12.1 Å². The second-order valence-electron chi connectivity index (χ2n) is 6.87. The van der Waals surface area contributed by atoms with Crippen molar-refractivity contribution in [2.45, 2.75) is 18.7 Å². The molecule has 0 saturated heterocycles. The summed E-state index contributed by atoms with van der Waals surface area (Å²) >= 11 is 0. The van der Waals surface area contributed by atoms with Crippen molar-refractivity contribution in [2.24, 2.45) is 0 Å². The maximum Gasteiger partial charge on any atom is 0.261 e. The average Bonchev–Trinajstić information content (AvgIpc) is 3.21. The number of imidazole rings is 1. The van der Waals surface area contributed by atoms with E-state index in [0.29, 0.717) is 28.7 Å². The summed E-state index contributed by atoms with van der Waals surface area (Å²) < 4.78 is 35.4. The molecule has 4 rings (SSSR count). The quantitative estimate of drug-likeness (QED) is 0.427. The lowest BCUT2D eigenvalue weighted by Crippen LogP contribution is -2.13. The molecule has 1 N–H and O–H groups in total. The van der Waals surface area contributed by atoms with E-state index in [9.17, 15) is 13.2 Å². The molecule has 0 aliphatic rings. The molecule has 162 valence electrons. The van der Waals surface area contributed by atoms with Gasteiger partial charge in [-0.15, -0.1) is 0 Å². The SMILES string of the molecule is CC(=O)c1cccc(S(=O)(=O)Nc2ccc(Oc3cc(-n4ccnc4C)ncn3)cc2)c1. The van der Waals surface area contributed by atoms with Crippen LogP contribution in [0.1, 0.15) is 23.1 Å². The molecule has 0 atom stereocenters. The minimum atomic E-state index is -3.85. The topological polar surface area (TPSA) is 116 Å². The molecular weight excluding hydrogens is 430 g/mol. The lowest BCUT2D eigenvalue weighted by molar-refractivity contribution is 0.101. The fourth-order valence-electron chi connectivity index (χ4n) is 2.95. The predicted molar refractivity (Wildman–Crippen MR) is 118 cm³/mol. The number of carbonyl (C=O) groups excluding carboxylic acids is 1. The number of carbonyl (C=O) groups is 1. The molecule has 0 unspecified atom stereocenters. The fourth-order valence-corrected chi connectivity index (χ4v) is 4.05. The molecule has 2 heterocycles. The first kappa shape index (κ1) is 21.2. The van der Waals surface area contributed by atoms with Crippen molar-refractivity contribution in [1.29, 1.82) is 0 Å². The number of hydrogen-bond acceptors (Lipinski definition) is 7. The maximum atomic E-state index is 12.7. The maximum absolute atomic E-state index is 12.7. The molecule has 10 heteroatoms. The summed E-state index contributed by atoms with van der Waals surface area (Å²) in [5, 5.41) is 0. The normalized spacial score (nSPS) is 11.2. The Morgan fingerprint density at radius 3 is 2.50 bits per heavy atom. The molecule has 0 bridgehead atoms. The highest BCUT2D eigenvalue weighted by Gasteiger charge is 2.16. The number of anilines is 1. The summed E-state index contributed by atoms with van der Waals surface area (Å²) in [5.74, 6) is 1.98. The van der Waals surface area contributed by atoms with Gasteiger partial charge in [-0.05, 0) is 50.2 Å². The number of Topliss-reactive ketones (excluding diaryl/α,β-unsaturated/α-hetero) is 1. The molecule has 2 aromatic heterocycles. The Balaban J connectivity index is 1.49. The lowest BCUT2D eigenvalue weighted by atomic mass is 10.2. The van der Waals surface area contributed by atoms with Crippen molar-refractivity contribution in [3.8, 4) is 17.4 Å². The van der Waals surface area contributed by atoms with Crippen LogP contribution in [-0.2, 0) is 10.0 Å². The molecule has 0 amide bonds. The summed E-state index contributed by atoms with van der Waals surface area (Å²) in [4.78, 5) is 24.0. The highest BCUT2D eigenvalue weighted by molar-refractivity contribution is 7.92. The van der Waals surface area contributed by atoms with Crippen LogP contribution >= 0.6 is 0 Å². The van der Waals surface area contributed by atoms with Gasteiger partial charge in [0, 0.05) is 29.7 Å². The third-order valence-electron chi connectivity index (χ3n) is 4.58. The Labute approximate surface area is 184 Å². The number of sulfonamides is 1. The number of hydrogen-bond donors (Lipinski definition) is 1. The van der Waals surface area contributed by atoms with Gasteiger partial charge in [-0.25, -0.2) is 23.4 Å². The van der Waals surface area contributed by atoms with Gasteiger partial charge in [0.25, 0.3) is 10.0 Å². The Hall–Kier alpha value is -4.05. The fraction of sp³-hybridized carbons (Fsp3) is 0.0909. The van der Waals surface area contributed by atoms with Gasteiger partial charge >= 0.3 is 0 Å². The second kappa shape index (κ2) is 8.60. The van der Waals surface area contributed by atoms with Crippen molar-refractivity contribution in [2.75, 3.05) is 4.72 Å². The highest BCUT2D eigenvalue weighted by Crippen LogP contribution is 2.24. The molecule has 0 radical (unpaired) electrons. The Morgan fingerprint density at radius 2 is 1.81 bits per heavy atom. The summed E-state index contributed by atoms with van der Waals surface area (Å²) in [7, 11) is -3.85. The van der Waals surface area contributed by atoms with Crippen LogP contribution in [0.5, 0.6) is 11.6 Å². The van der Waals surface area contributed by atoms with E-state index in [1.807, 2.05) is 6.92 Å². The lowest BCUT2D eigenvalue weighted by Gasteiger charge is -2.10. The van der Waals surface area contributed by atoms with E-state index in [4.69, 9.17) is 4.74 Å². The smallest absolute Gasteiger partial charge is 0.261 e. The van der Waals surface area contributed by atoms with Crippen LogP contribution in [0.2, 0.25) is 0 Å². The van der Waals surface area contributed by atoms with Crippen LogP contribution in [-0.4, -0.2) is 33.7 Å². The van der Waals surface area contributed by atoms with Crippen LogP contribution in [0.15, 0.2) is 78.2 Å². The Morgan fingerprint density at radius 1 is 1.03 bits per heavy atom. The van der Waals surface area contributed by atoms with Crippen molar-refractivity contribution >= 4 is 21.5 Å². The molecule has 0 fully saturated rings. The minimum absolute atomic E-state index is 0.00818. The molecule has 2 aromatic carbocycles. The standard InChI is InChI=1S/C22H19N5O4S/c1-15(28)17-4-3-5-20(12-17)32(29,30)26-18-6-8-19(9-7-18)31-22-13-21(24-14-25-22)27-11-10-23-16(27)2/h3-14,26H,1-2H3. The van der Waals surface area contributed by atoms with E-state index in [1.54, 1.807) is 53.4 Å². The number of nitrogens with zero attached hydrogens (tertiary/aromatic N) is 4. The number of aromatic nitrogens is 4. The van der Waals surface area contributed by atoms with Gasteiger partial charge in [-0.2, -0.15) is 0 Å². The van der Waals surface area contributed by atoms with E-state index in [-0.39, 0.29) is 10.7 Å². The second-order valence-corrected chi connectivity index (χ2v) is 8.56.